The van der Waals surface area contributed by atoms with Gasteiger partial charge in [0.25, 0.3) is 26.5 Å². The number of carbonyl (C=O) groups is 1. The van der Waals surface area contributed by atoms with Gasteiger partial charge in [0.2, 0.25) is 0 Å². The van der Waals surface area contributed by atoms with Crippen molar-refractivity contribution in [2.24, 2.45) is 0 Å². The number of pyridine rings is 1. The van der Waals surface area contributed by atoms with E-state index in [2.05, 4.69) is 4.98 Å². The first-order valence-electron chi connectivity index (χ1n) is 12.0. The van der Waals surface area contributed by atoms with Gasteiger partial charge in [-0.3, -0.25) is 9.10 Å². The second-order valence-electron chi connectivity index (χ2n) is 8.59. The summed E-state index contributed by atoms with van der Waals surface area (Å²) in [6.07, 6.45) is -3.54. The average molecular weight is 619 g/mol. The van der Waals surface area contributed by atoms with Crippen molar-refractivity contribution in [3.63, 3.8) is 0 Å². The van der Waals surface area contributed by atoms with E-state index in [9.17, 15) is 34.8 Å². The molecule has 0 aliphatic rings. The van der Waals surface area contributed by atoms with Gasteiger partial charge in [-0.2, -0.15) is 18.4 Å². The van der Waals surface area contributed by atoms with Crippen molar-refractivity contribution >= 4 is 48.8 Å². The fourth-order valence-electron chi connectivity index (χ4n) is 4.14. The summed E-state index contributed by atoms with van der Waals surface area (Å²) in [4.78, 5) is 14.6. The van der Waals surface area contributed by atoms with Crippen LogP contribution in [0.4, 0.5) is 24.7 Å². The quantitative estimate of drug-likeness (QED) is 0.185. The monoisotopic (exact) mass is 618 g/mol. The molecule has 0 aliphatic heterocycles. The minimum atomic E-state index is -4.65. The zero-order valence-corrected chi connectivity index (χ0v) is 23.3. The van der Waals surface area contributed by atoms with Crippen molar-refractivity contribution in [1.82, 2.24) is 4.98 Å². The highest BCUT2D eigenvalue weighted by atomic mass is 32.2. The number of carbonyl (C=O) groups excluding carboxylic acids is 1. The number of halogens is 3. The number of aromatic nitrogens is 1. The maximum atomic E-state index is 13.6. The number of sulfonamides is 2. The molecule has 15 heteroatoms. The molecule has 0 aliphatic carbocycles. The van der Waals surface area contributed by atoms with Crippen molar-refractivity contribution in [1.29, 1.82) is 5.26 Å². The van der Waals surface area contributed by atoms with Gasteiger partial charge in [-0.15, -0.1) is 0 Å². The van der Waals surface area contributed by atoms with Gasteiger partial charge in [0.05, 0.1) is 38.9 Å². The number of nitriles is 1. The summed E-state index contributed by atoms with van der Waals surface area (Å²) in [6.45, 7) is 0.649. The standard InChI is InChI=1S/C27H21F3N4O6S2/c1-2-33(41(36,37)22-13-9-20(10-14-22)27(28,29)30)25-16-32-26(24-6-4-3-5-23(24)25)34(17-40-18-35)42(38,39)21-11-7-19(15-31)8-12-21/h3-14,16,18H,2,17H2,1H3. The van der Waals surface area contributed by atoms with Crippen LogP contribution in [-0.4, -0.2) is 41.6 Å². The molecular weight excluding hydrogens is 597 g/mol. The lowest BCUT2D eigenvalue weighted by Crippen LogP contribution is -2.35. The van der Waals surface area contributed by atoms with E-state index in [1.165, 1.54) is 43.3 Å². The fourth-order valence-corrected chi connectivity index (χ4v) is 6.93. The van der Waals surface area contributed by atoms with Crippen LogP contribution in [0.25, 0.3) is 10.8 Å². The molecule has 1 heterocycles. The van der Waals surface area contributed by atoms with Gasteiger partial charge in [-0.1, -0.05) is 24.3 Å². The van der Waals surface area contributed by atoms with Crippen molar-refractivity contribution in [2.75, 3.05) is 21.9 Å². The zero-order valence-electron chi connectivity index (χ0n) is 21.7. The first-order chi connectivity index (χ1) is 19.9. The Bertz CT molecular complexity index is 1870. The second kappa shape index (κ2) is 11.7. The molecule has 0 atom stereocenters. The van der Waals surface area contributed by atoms with Crippen LogP contribution in [0.1, 0.15) is 18.1 Å². The second-order valence-corrected chi connectivity index (χ2v) is 12.3. The molecule has 10 nitrogen and oxygen atoms in total. The highest BCUT2D eigenvalue weighted by Gasteiger charge is 2.33. The lowest BCUT2D eigenvalue weighted by atomic mass is 10.1. The van der Waals surface area contributed by atoms with Crippen molar-refractivity contribution in [3.8, 4) is 6.07 Å². The Morgan fingerprint density at radius 3 is 1.95 bits per heavy atom. The van der Waals surface area contributed by atoms with Crippen LogP contribution in [0, 0.1) is 11.3 Å². The predicted octanol–water partition coefficient (Wildman–Crippen LogP) is 4.67. The smallest absolute Gasteiger partial charge is 0.416 e. The molecule has 0 spiro atoms. The van der Waals surface area contributed by atoms with Gasteiger partial charge in [-0.25, -0.2) is 26.1 Å². The SMILES string of the molecule is CCN(c1cnc(N(COC=O)S(=O)(=O)c2ccc(C#N)cc2)c2ccccc12)S(=O)(=O)c1ccc(C(F)(F)F)cc1. The third-order valence-corrected chi connectivity index (χ3v) is 9.78. The lowest BCUT2D eigenvalue weighted by molar-refractivity contribution is -0.137. The van der Waals surface area contributed by atoms with Gasteiger partial charge >= 0.3 is 6.18 Å². The van der Waals surface area contributed by atoms with Crippen LogP contribution in [0.3, 0.4) is 0 Å². The number of hydrogen-bond acceptors (Lipinski definition) is 8. The molecular formula is C27H21F3N4O6S2. The third-order valence-electron chi connectivity index (χ3n) is 6.15. The minimum Gasteiger partial charge on any atom is -0.445 e. The molecule has 4 aromatic rings. The number of rotatable bonds is 10. The summed E-state index contributed by atoms with van der Waals surface area (Å²) in [5, 5.41) is 9.46. The number of anilines is 2. The first-order valence-corrected chi connectivity index (χ1v) is 14.9. The van der Waals surface area contributed by atoms with E-state index in [1.54, 1.807) is 12.1 Å². The number of benzene rings is 3. The highest BCUT2D eigenvalue weighted by molar-refractivity contribution is 7.93. The summed E-state index contributed by atoms with van der Waals surface area (Å²) in [7, 11) is -8.80. The molecule has 0 saturated heterocycles. The summed E-state index contributed by atoms with van der Waals surface area (Å²) in [5.74, 6) is -0.191. The fraction of sp³-hybridized carbons (Fsp3) is 0.148. The number of fused-ring (bicyclic) bond motifs is 1. The van der Waals surface area contributed by atoms with Gasteiger partial charge in [0.15, 0.2) is 12.5 Å². The molecule has 0 fully saturated rings. The molecule has 0 amide bonds. The van der Waals surface area contributed by atoms with E-state index in [-0.39, 0.29) is 45.8 Å². The highest BCUT2D eigenvalue weighted by Crippen LogP contribution is 2.37. The molecule has 0 saturated carbocycles. The Morgan fingerprint density at radius 1 is 0.881 bits per heavy atom. The molecule has 0 bridgehead atoms. The van der Waals surface area contributed by atoms with E-state index >= 15 is 0 Å². The van der Waals surface area contributed by atoms with Gasteiger partial charge in [-0.05, 0) is 55.5 Å². The van der Waals surface area contributed by atoms with Crippen LogP contribution in [0.2, 0.25) is 0 Å². The predicted molar refractivity (Wildman–Crippen MR) is 146 cm³/mol. The summed E-state index contributed by atoms with van der Waals surface area (Å²) in [6, 6.07) is 16.1. The largest absolute Gasteiger partial charge is 0.445 e. The summed E-state index contributed by atoms with van der Waals surface area (Å²) < 4.78 is 99.9. The van der Waals surface area contributed by atoms with Gasteiger partial charge in [0.1, 0.15) is 0 Å². The van der Waals surface area contributed by atoms with Gasteiger partial charge < -0.3 is 4.74 Å². The van der Waals surface area contributed by atoms with E-state index in [0.717, 1.165) is 26.9 Å². The van der Waals surface area contributed by atoms with Crippen LogP contribution in [-0.2, 0) is 35.8 Å². The minimum absolute atomic E-state index is 0.0313. The summed E-state index contributed by atoms with van der Waals surface area (Å²) >= 11 is 0. The molecule has 0 N–H and O–H groups in total. The van der Waals surface area contributed by atoms with Crippen molar-refractivity contribution in [2.45, 2.75) is 22.9 Å². The van der Waals surface area contributed by atoms with Crippen LogP contribution >= 0.6 is 0 Å². The molecule has 42 heavy (non-hydrogen) atoms. The lowest BCUT2D eigenvalue weighted by Gasteiger charge is -2.27. The summed E-state index contributed by atoms with van der Waals surface area (Å²) in [5.41, 5.74) is -0.766. The Labute approximate surface area is 239 Å². The van der Waals surface area contributed by atoms with Crippen LogP contribution in [0.5, 0.6) is 0 Å². The molecule has 218 valence electrons. The van der Waals surface area contributed by atoms with Gasteiger partial charge in [0, 0.05) is 17.3 Å². The molecule has 3 aromatic carbocycles. The molecule has 0 unspecified atom stereocenters. The van der Waals surface area contributed by atoms with E-state index < -0.39 is 43.4 Å². The topological polar surface area (TPSA) is 138 Å². The molecule has 0 radical (unpaired) electrons. The number of hydrogen-bond donors (Lipinski definition) is 0. The maximum absolute atomic E-state index is 13.6. The van der Waals surface area contributed by atoms with Crippen molar-refractivity contribution < 1.29 is 39.5 Å². The Morgan fingerprint density at radius 2 is 1.43 bits per heavy atom. The van der Waals surface area contributed by atoms with Crippen LogP contribution in [0.15, 0.2) is 88.8 Å². The normalized spacial score (nSPS) is 12.0. The van der Waals surface area contributed by atoms with Crippen molar-refractivity contribution in [3.05, 3.63) is 90.1 Å². The maximum Gasteiger partial charge on any atom is 0.416 e. The number of ether oxygens (including phenoxy) is 1. The van der Waals surface area contributed by atoms with E-state index in [0.29, 0.717) is 12.1 Å². The Hall–Kier alpha value is -4.68. The average Bonchev–Trinajstić information content (AvgIpc) is 2.98. The Balaban J connectivity index is 1.86. The third kappa shape index (κ3) is 5.71. The van der Waals surface area contributed by atoms with E-state index in [1.807, 2.05) is 6.07 Å². The number of alkyl halides is 3. The number of nitrogens with zero attached hydrogens (tertiary/aromatic N) is 4. The Kier molecular flexibility index (Phi) is 8.41. The van der Waals surface area contributed by atoms with E-state index in [4.69, 9.17) is 10.00 Å². The zero-order chi connectivity index (χ0) is 30.7. The van der Waals surface area contributed by atoms with Crippen LogP contribution < -0.4 is 8.61 Å². The molecule has 1 aromatic heterocycles. The first kappa shape index (κ1) is 30.3. The molecule has 4 rings (SSSR count).